The molecule has 0 aliphatic carbocycles. The van der Waals surface area contributed by atoms with E-state index in [0.717, 1.165) is 6.42 Å². The molecule has 4 nitrogen and oxygen atoms in total. The molecule has 1 heterocycles. The van der Waals surface area contributed by atoms with Gasteiger partial charge in [-0.3, -0.25) is 9.78 Å². The number of hydrogen-bond donors (Lipinski definition) is 2. The van der Waals surface area contributed by atoms with Crippen LogP contribution in [0.25, 0.3) is 10.9 Å². The fourth-order valence-electron chi connectivity index (χ4n) is 1.95. The third-order valence-electron chi connectivity index (χ3n) is 3.04. The number of benzene rings is 1. The number of nitrogens with zero attached hydrogens (tertiary/aromatic N) is 1. The zero-order valence-corrected chi connectivity index (χ0v) is 12.5. The molecule has 1 aromatic heterocycles. The summed E-state index contributed by atoms with van der Waals surface area (Å²) >= 11 is 6.00. The fourth-order valence-corrected chi connectivity index (χ4v) is 2.16. The Morgan fingerprint density at radius 2 is 2.14 bits per heavy atom. The van der Waals surface area contributed by atoms with Gasteiger partial charge in [0, 0.05) is 31.1 Å². The van der Waals surface area contributed by atoms with Crippen molar-refractivity contribution in [3.63, 3.8) is 0 Å². The number of aromatic nitrogens is 1. The summed E-state index contributed by atoms with van der Waals surface area (Å²) in [6.07, 6.45) is 2.65. The summed E-state index contributed by atoms with van der Waals surface area (Å²) in [6, 6.07) is 4.94. The van der Waals surface area contributed by atoms with Crippen LogP contribution in [0.5, 0.6) is 0 Å². The monoisotopic (exact) mass is 309 g/mol. The molecule has 0 fully saturated rings. The van der Waals surface area contributed by atoms with E-state index in [1.165, 1.54) is 6.20 Å². The number of amides is 1. The number of nitrogens with one attached hydrogen (secondary N) is 2. The highest BCUT2D eigenvalue weighted by Gasteiger charge is 2.10. The standard InChI is InChI=1S/C15H17ClFN3O/c1-2-7-19-13(21)6-9-18-12-4-3-10-11(16)5-8-20-15(10)14(12)17/h3-5,8,18H,2,6-7,9H2,1H3,(H,19,21). The van der Waals surface area contributed by atoms with E-state index in [4.69, 9.17) is 11.6 Å². The van der Waals surface area contributed by atoms with Gasteiger partial charge >= 0.3 is 0 Å². The minimum absolute atomic E-state index is 0.0493. The minimum atomic E-state index is -0.455. The average Bonchev–Trinajstić information content (AvgIpc) is 2.48. The van der Waals surface area contributed by atoms with Crippen molar-refractivity contribution >= 4 is 34.1 Å². The van der Waals surface area contributed by atoms with Gasteiger partial charge in [-0.15, -0.1) is 0 Å². The largest absolute Gasteiger partial charge is 0.382 e. The Morgan fingerprint density at radius 1 is 1.33 bits per heavy atom. The van der Waals surface area contributed by atoms with Crippen molar-refractivity contribution in [1.29, 1.82) is 0 Å². The molecular weight excluding hydrogens is 293 g/mol. The Bertz CT molecular complexity index is 648. The van der Waals surface area contributed by atoms with Gasteiger partial charge < -0.3 is 10.6 Å². The summed E-state index contributed by atoms with van der Waals surface area (Å²) < 4.78 is 14.3. The molecule has 0 unspecified atom stereocenters. The normalized spacial score (nSPS) is 10.6. The predicted octanol–water partition coefficient (Wildman–Crippen LogP) is 3.36. The second-order valence-electron chi connectivity index (χ2n) is 4.64. The van der Waals surface area contributed by atoms with Crippen molar-refractivity contribution in [2.45, 2.75) is 19.8 Å². The molecule has 0 bridgehead atoms. The van der Waals surface area contributed by atoms with Gasteiger partial charge in [-0.05, 0) is 24.6 Å². The van der Waals surface area contributed by atoms with Gasteiger partial charge in [0.1, 0.15) is 5.52 Å². The Morgan fingerprint density at radius 3 is 2.90 bits per heavy atom. The summed E-state index contributed by atoms with van der Waals surface area (Å²) in [6.45, 7) is 3.01. The third-order valence-corrected chi connectivity index (χ3v) is 3.37. The molecule has 0 saturated carbocycles. The molecule has 2 N–H and O–H groups in total. The lowest BCUT2D eigenvalue weighted by atomic mass is 10.2. The number of fused-ring (bicyclic) bond motifs is 1. The number of carbonyl (C=O) groups excluding carboxylic acids is 1. The van der Waals surface area contributed by atoms with Crippen molar-refractivity contribution < 1.29 is 9.18 Å². The van der Waals surface area contributed by atoms with Crippen LogP contribution in [-0.4, -0.2) is 24.0 Å². The van der Waals surface area contributed by atoms with Crippen LogP contribution >= 0.6 is 11.6 Å². The molecule has 112 valence electrons. The summed E-state index contributed by atoms with van der Waals surface area (Å²) in [5.74, 6) is -0.504. The second kappa shape index (κ2) is 7.22. The quantitative estimate of drug-likeness (QED) is 0.860. The number of anilines is 1. The first-order chi connectivity index (χ1) is 10.1. The highest BCUT2D eigenvalue weighted by molar-refractivity contribution is 6.35. The molecule has 1 aromatic carbocycles. The smallest absolute Gasteiger partial charge is 0.221 e. The van der Waals surface area contributed by atoms with E-state index in [1.807, 2.05) is 6.92 Å². The van der Waals surface area contributed by atoms with Gasteiger partial charge in [0.25, 0.3) is 0 Å². The maximum atomic E-state index is 14.3. The van der Waals surface area contributed by atoms with Gasteiger partial charge in [-0.1, -0.05) is 18.5 Å². The molecule has 0 aliphatic rings. The van der Waals surface area contributed by atoms with Crippen LogP contribution in [0.4, 0.5) is 10.1 Å². The Kier molecular flexibility index (Phi) is 5.33. The maximum Gasteiger partial charge on any atom is 0.221 e. The van der Waals surface area contributed by atoms with Crippen LogP contribution in [0.1, 0.15) is 19.8 Å². The minimum Gasteiger partial charge on any atom is -0.382 e. The van der Waals surface area contributed by atoms with Gasteiger partial charge in [-0.2, -0.15) is 0 Å². The van der Waals surface area contributed by atoms with Crippen LogP contribution in [0.3, 0.4) is 0 Å². The van der Waals surface area contributed by atoms with Crippen molar-refractivity contribution in [1.82, 2.24) is 10.3 Å². The van der Waals surface area contributed by atoms with E-state index < -0.39 is 5.82 Å². The van der Waals surface area contributed by atoms with Gasteiger partial charge in [-0.25, -0.2) is 4.39 Å². The molecule has 2 rings (SSSR count). The van der Waals surface area contributed by atoms with Gasteiger partial charge in [0.15, 0.2) is 5.82 Å². The second-order valence-corrected chi connectivity index (χ2v) is 5.05. The molecule has 6 heteroatoms. The first kappa shape index (κ1) is 15.5. The number of halogens is 2. The molecule has 0 saturated heterocycles. The zero-order chi connectivity index (χ0) is 15.2. The van der Waals surface area contributed by atoms with E-state index in [-0.39, 0.29) is 11.4 Å². The van der Waals surface area contributed by atoms with Crippen LogP contribution in [0, 0.1) is 5.82 Å². The lowest BCUT2D eigenvalue weighted by Gasteiger charge is -2.10. The fraction of sp³-hybridized carbons (Fsp3) is 0.333. The Labute approximate surface area is 127 Å². The molecule has 0 spiro atoms. The van der Waals surface area contributed by atoms with Gasteiger partial charge in [0.2, 0.25) is 5.91 Å². The Balaban J connectivity index is 2.03. The van der Waals surface area contributed by atoms with E-state index in [0.29, 0.717) is 35.6 Å². The van der Waals surface area contributed by atoms with Crippen molar-refractivity contribution in [3.8, 4) is 0 Å². The number of hydrogen-bond acceptors (Lipinski definition) is 3. The number of carbonyl (C=O) groups is 1. The molecule has 0 radical (unpaired) electrons. The zero-order valence-electron chi connectivity index (χ0n) is 11.7. The maximum absolute atomic E-state index is 14.3. The van der Waals surface area contributed by atoms with Crippen molar-refractivity contribution in [2.24, 2.45) is 0 Å². The lowest BCUT2D eigenvalue weighted by molar-refractivity contribution is -0.120. The molecular formula is C15H17ClFN3O. The first-order valence-corrected chi connectivity index (χ1v) is 7.24. The van der Waals surface area contributed by atoms with Crippen LogP contribution < -0.4 is 10.6 Å². The SMILES string of the molecule is CCCNC(=O)CCNc1ccc2c(Cl)ccnc2c1F. The van der Waals surface area contributed by atoms with Crippen molar-refractivity contribution in [2.75, 3.05) is 18.4 Å². The number of pyridine rings is 1. The third kappa shape index (κ3) is 3.82. The molecule has 21 heavy (non-hydrogen) atoms. The molecule has 1 amide bonds. The van der Waals surface area contributed by atoms with Crippen LogP contribution in [-0.2, 0) is 4.79 Å². The first-order valence-electron chi connectivity index (χ1n) is 6.86. The topological polar surface area (TPSA) is 54.0 Å². The molecule has 0 aliphatic heterocycles. The van der Waals surface area contributed by atoms with E-state index >= 15 is 0 Å². The molecule has 0 atom stereocenters. The summed E-state index contributed by atoms with van der Waals surface area (Å²) in [5, 5.41) is 6.72. The van der Waals surface area contributed by atoms with Crippen molar-refractivity contribution in [3.05, 3.63) is 35.2 Å². The highest BCUT2D eigenvalue weighted by atomic mass is 35.5. The van der Waals surface area contributed by atoms with Crippen LogP contribution in [0.2, 0.25) is 5.02 Å². The molecule has 2 aromatic rings. The van der Waals surface area contributed by atoms with E-state index in [2.05, 4.69) is 15.6 Å². The summed E-state index contributed by atoms with van der Waals surface area (Å²) in [4.78, 5) is 15.5. The van der Waals surface area contributed by atoms with E-state index in [1.54, 1.807) is 18.2 Å². The summed E-state index contributed by atoms with van der Waals surface area (Å²) in [7, 11) is 0. The van der Waals surface area contributed by atoms with Crippen LogP contribution in [0.15, 0.2) is 24.4 Å². The van der Waals surface area contributed by atoms with Gasteiger partial charge in [0.05, 0.1) is 10.7 Å². The highest BCUT2D eigenvalue weighted by Crippen LogP contribution is 2.27. The average molecular weight is 310 g/mol. The number of rotatable bonds is 6. The predicted molar refractivity (Wildman–Crippen MR) is 83.1 cm³/mol. The lowest BCUT2D eigenvalue weighted by Crippen LogP contribution is -2.25. The van der Waals surface area contributed by atoms with E-state index in [9.17, 15) is 9.18 Å². The Hall–Kier alpha value is -1.88. The summed E-state index contributed by atoms with van der Waals surface area (Å²) in [5.41, 5.74) is 0.545.